The Hall–Kier alpha value is 7.42. The fourth-order valence-corrected chi connectivity index (χ4v) is 3.31. The van der Waals surface area contributed by atoms with E-state index in [0.29, 0.717) is 70.9 Å². The predicted octanol–water partition coefficient (Wildman–Crippen LogP) is -7.31. The van der Waals surface area contributed by atoms with E-state index in [2.05, 4.69) is 10.6 Å². The maximum Gasteiger partial charge on any atom is 1.00 e. The van der Waals surface area contributed by atoms with Gasteiger partial charge in [0.25, 0.3) is 0 Å². The zero-order valence-corrected chi connectivity index (χ0v) is 49.8. The van der Waals surface area contributed by atoms with Crippen molar-refractivity contribution in [1.82, 2.24) is 10.6 Å². The van der Waals surface area contributed by atoms with Gasteiger partial charge in [0.2, 0.25) is 11.8 Å². The fraction of sp³-hybridized carbons (Fsp3) is 0.826. The minimum absolute atomic E-state index is 0. The van der Waals surface area contributed by atoms with Crippen LogP contribution in [0.15, 0.2) is 0 Å². The molecular weight excluding hydrogens is 1320 g/mol. The summed E-state index contributed by atoms with van der Waals surface area (Å²) < 4.78 is 0. The van der Waals surface area contributed by atoms with Gasteiger partial charge in [-0.25, -0.2) is 0 Å². The monoisotopic (exact) mass is 1360 g/mol. The van der Waals surface area contributed by atoms with Crippen LogP contribution in [0.3, 0.4) is 0 Å². The van der Waals surface area contributed by atoms with E-state index in [4.69, 9.17) is 22.9 Å². The molecule has 0 unspecified atom stereocenters. The standard InChI is InChI=1S/C23H42N6O4.4K.4W.4H/c1-17(30)11-15-29-22(32)18(16-21(31)19(26)9-2-5-12-24)8-4-7-14-28-23(33)20(27)10-3-6-13-25;;;;;;;;;;;;/h18-20,24-27H,2-16H2,1H3,(H,28,33)(H,29,32);;;;;;;;;;;;/q-4;4*+1;;;;;4*-1/t18-,19+,20+;;;;;;;;;;;;/m1............/s1. The van der Waals surface area contributed by atoms with E-state index in [1.54, 1.807) is 0 Å². The fourth-order valence-electron chi connectivity index (χ4n) is 3.31. The van der Waals surface area contributed by atoms with E-state index in [1.807, 2.05) is 0 Å². The van der Waals surface area contributed by atoms with Crippen LogP contribution in [0.25, 0.3) is 22.9 Å². The zero-order chi connectivity index (χ0) is 25.1. The Bertz CT molecular complexity index is 644. The first-order chi connectivity index (χ1) is 15.7. The second-order valence-electron chi connectivity index (χ2n) is 8.49. The summed E-state index contributed by atoms with van der Waals surface area (Å²) in [7, 11) is 0. The number of carbonyl (C=O) groups is 4. The minimum Gasteiger partial charge on any atom is -1.00 e. The van der Waals surface area contributed by atoms with Crippen molar-refractivity contribution in [3.63, 3.8) is 0 Å². The van der Waals surface area contributed by atoms with Gasteiger partial charge in [-0.1, -0.05) is 57.0 Å². The van der Waals surface area contributed by atoms with Gasteiger partial charge in [-0.3, -0.25) is 14.4 Å². The second kappa shape index (κ2) is 49.5. The van der Waals surface area contributed by atoms with Crippen LogP contribution in [-0.4, -0.2) is 61.6 Å². The van der Waals surface area contributed by atoms with Crippen molar-refractivity contribution in [2.24, 2.45) is 5.92 Å². The van der Waals surface area contributed by atoms with E-state index in [0.717, 1.165) is 0 Å². The largest absolute Gasteiger partial charge is 1.00 e. The van der Waals surface area contributed by atoms with Gasteiger partial charge in [-0.15, -0.1) is 0 Å². The number of Topliss-reactive ketones (excluding diaryl/α,β-unsaturated/α-hetero) is 2. The van der Waals surface area contributed by atoms with Crippen molar-refractivity contribution >= 4 is 23.4 Å². The molecule has 0 radical (unpaired) electrons. The van der Waals surface area contributed by atoms with Gasteiger partial charge in [0.15, 0.2) is 0 Å². The first-order valence-corrected chi connectivity index (χ1v) is 12.0. The van der Waals surface area contributed by atoms with Crippen LogP contribution >= 0.6 is 0 Å². The number of hydrogen-bond donors (Lipinski definition) is 2. The van der Waals surface area contributed by atoms with E-state index in [9.17, 15) is 19.2 Å². The molecule has 2 amide bonds. The van der Waals surface area contributed by atoms with Crippen LogP contribution in [0.1, 0.15) is 83.3 Å². The molecule has 41 heavy (non-hydrogen) atoms. The first-order valence-electron chi connectivity index (χ1n) is 12.0. The normalized spacial score (nSPS) is 11.0. The summed E-state index contributed by atoms with van der Waals surface area (Å²) in [5.74, 6) is -1.54. The molecule has 0 aromatic heterocycles. The topological polar surface area (TPSA) is 188 Å². The molecule has 224 valence electrons. The van der Waals surface area contributed by atoms with Crippen molar-refractivity contribution in [3.8, 4) is 0 Å². The molecule has 0 saturated heterocycles. The Balaban J connectivity index is -0.0000000776. The molecule has 10 nitrogen and oxygen atoms in total. The average Bonchev–Trinajstić information content (AvgIpc) is 2.77. The SMILES string of the molecule is CC(=O)CCNC(=O)[C@H](CCCCNC(=O)[C@@H]([NH-])CCCC[NH-])CC(=O)[C@@H]([NH-])CCCC[NH-].[H-].[H-].[H-].[H-].[K+].[K+].[K+].[K+].[W].[W].[W].[W]. The molecule has 0 fully saturated rings. The molecular formula is C23H46K4N6O4W4-4. The number of ketones is 2. The van der Waals surface area contributed by atoms with Crippen molar-refractivity contribution in [3.05, 3.63) is 22.9 Å². The predicted molar refractivity (Wildman–Crippen MR) is 135 cm³/mol. The molecule has 6 N–H and O–H groups in total. The third kappa shape index (κ3) is 43.5. The van der Waals surface area contributed by atoms with Crippen LogP contribution < -0.4 is 216 Å². The summed E-state index contributed by atoms with van der Waals surface area (Å²) in [5, 5.41) is 5.43. The molecule has 0 aromatic carbocycles. The first kappa shape index (κ1) is 70.1. The van der Waals surface area contributed by atoms with Gasteiger partial charge in [-0.2, -0.15) is 13.1 Å². The smallest absolute Gasteiger partial charge is 1.00 e. The van der Waals surface area contributed by atoms with Crippen LogP contribution in [-0.2, 0) is 103 Å². The summed E-state index contributed by atoms with van der Waals surface area (Å²) >= 11 is 0. The summed E-state index contributed by atoms with van der Waals surface area (Å²) in [6.07, 6.45) is 5.29. The minimum atomic E-state index is -0.896. The molecule has 0 aromatic rings. The average molecular weight is 1360 g/mol. The second-order valence-corrected chi connectivity index (χ2v) is 8.49. The Labute approximate surface area is 481 Å². The van der Waals surface area contributed by atoms with E-state index >= 15 is 0 Å². The van der Waals surface area contributed by atoms with Crippen molar-refractivity contribution < 1.29 is 315 Å². The number of rotatable bonds is 21. The van der Waals surface area contributed by atoms with Crippen molar-refractivity contribution in [2.45, 2.75) is 89.6 Å². The van der Waals surface area contributed by atoms with Gasteiger partial charge >= 0.3 is 206 Å². The van der Waals surface area contributed by atoms with Crippen LogP contribution in [0.2, 0.25) is 0 Å². The Morgan fingerprint density at radius 1 is 0.634 bits per heavy atom. The molecule has 0 aliphatic heterocycles. The molecule has 0 saturated carbocycles. The molecule has 0 rings (SSSR count). The van der Waals surface area contributed by atoms with Crippen molar-refractivity contribution in [2.75, 3.05) is 26.2 Å². The summed E-state index contributed by atoms with van der Waals surface area (Å²) in [4.78, 5) is 48.0. The summed E-state index contributed by atoms with van der Waals surface area (Å²) in [6, 6.07) is -1.73. The third-order valence-corrected chi connectivity index (χ3v) is 5.42. The van der Waals surface area contributed by atoms with Gasteiger partial charge in [0.05, 0.1) is 0 Å². The molecule has 3 atom stereocenters. The number of nitrogens with one attached hydrogen (secondary N) is 6. The number of hydrogen-bond acceptors (Lipinski definition) is 4. The maximum absolute atomic E-state index is 12.6. The van der Waals surface area contributed by atoms with Gasteiger partial charge in [-0.05, 0) is 19.8 Å². The van der Waals surface area contributed by atoms with Crippen LogP contribution in [0, 0.1) is 5.92 Å². The summed E-state index contributed by atoms with van der Waals surface area (Å²) in [5.41, 5.74) is 30.1. The van der Waals surface area contributed by atoms with E-state index in [1.165, 1.54) is 6.92 Å². The Kier molecular flexibility index (Phi) is 84.6. The molecule has 0 spiro atoms. The Morgan fingerprint density at radius 3 is 1.54 bits per heavy atom. The molecule has 0 heterocycles. The van der Waals surface area contributed by atoms with Crippen LogP contribution in [0.5, 0.6) is 0 Å². The quantitative estimate of drug-likeness (QED) is 0.0856. The van der Waals surface area contributed by atoms with E-state index < -0.39 is 18.0 Å². The van der Waals surface area contributed by atoms with Gasteiger partial charge in [0.1, 0.15) is 11.6 Å². The van der Waals surface area contributed by atoms with Gasteiger partial charge in [0, 0.05) is 116 Å². The third-order valence-electron chi connectivity index (χ3n) is 5.42. The van der Waals surface area contributed by atoms with E-state index in [-0.39, 0.29) is 345 Å². The number of carbonyl (C=O) groups excluding carboxylic acids is 4. The van der Waals surface area contributed by atoms with Gasteiger partial charge < -0.3 is 44.1 Å². The summed E-state index contributed by atoms with van der Waals surface area (Å²) in [6.45, 7) is 2.61. The Morgan fingerprint density at radius 2 is 1.07 bits per heavy atom. The maximum atomic E-state index is 12.6. The number of unbranched alkanes of at least 4 members (excludes halogenated alkanes) is 3. The zero-order valence-electron chi connectivity index (χ0n) is 29.6. The molecule has 0 aliphatic rings. The molecule has 0 aliphatic carbocycles. The number of amides is 2. The van der Waals surface area contributed by atoms with Crippen molar-refractivity contribution in [1.29, 1.82) is 0 Å². The molecule has 18 heteroatoms. The van der Waals surface area contributed by atoms with Crippen LogP contribution in [0.4, 0.5) is 0 Å². The molecule has 0 bridgehead atoms.